The molecule has 0 aliphatic rings. The summed E-state index contributed by atoms with van der Waals surface area (Å²) in [5.41, 5.74) is 0.798. The monoisotopic (exact) mass is 267 g/mol. The molecule has 1 heterocycles. The number of thiophene rings is 1. The predicted octanol–water partition coefficient (Wildman–Crippen LogP) is 2.64. The van der Waals surface area contributed by atoms with Gasteiger partial charge >= 0.3 is 0 Å². The minimum absolute atomic E-state index is 0.283. The van der Waals surface area contributed by atoms with Gasteiger partial charge in [-0.15, -0.1) is 11.3 Å². The Labute approximate surface area is 99.5 Å². The van der Waals surface area contributed by atoms with E-state index >= 15 is 0 Å². The molecule has 0 saturated carbocycles. The third-order valence-electron chi connectivity index (χ3n) is 1.78. The van der Waals surface area contributed by atoms with Gasteiger partial charge in [0, 0.05) is 6.54 Å². The summed E-state index contributed by atoms with van der Waals surface area (Å²) in [6, 6.07) is 1.59. The molecule has 1 N–H and O–H groups in total. The van der Waals surface area contributed by atoms with Gasteiger partial charge in [-0.05, 0) is 24.5 Å². The molecule has 15 heavy (non-hydrogen) atoms. The molecule has 0 fully saturated rings. The van der Waals surface area contributed by atoms with E-state index in [0.29, 0.717) is 10.9 Å². The second-order valence-corrected chi connectivity index (χ2v) is 7.42. The smallest absolute Gasteiger partial charge is 0.210 e. The van der Waals surface area contributed by atoms with E-state index in [1.807, 2.05) is 13.8 Å². The summed E-state index contributed by atoms with van der Waals surface area (Å²) < 4.78 is 26.8. The molecule has 0 aliphatic heterocycles. The van der Waals surface area contributed by atoms with E-state index in [1.165, 1.54) is 0 Å². The Morgan fingerprint density at radius 1 is 1.53 bits per heavy atom. The maximum absolute atomic E-state index is 11.7. The Balaban J connectivity index is 2.87. The molecule has 1 aromatic rings. The Bertz CT molecular complexity index is 417. The lowest BCUT2D eigenvalue weighted by Crippen LogP contribution is -2.26. The fraction of sp³-hybridized carbons (Fsp3) is 0.556. The first-order valence-corrected chi connectivity index (χ1v) is 7.26. The zero-order valence-corrected chi connectivity index (χ0v) is 11.3. The van der Waals surface area contributed by atoms with Gasteiger partial charge in [0.1, 0.15) is 4.21 Å². The first-order chi connectivity index (χ1) is 6.83. The number of hydrogen-bond acceptors (Lipinski definition) is 3. The summed E-state index contributed by atoms with van der Waals surface area (Å²) >= 11 is 6.91. The molecular formula is C9H14ClNO2S2. The fourth-order valence-electron chi connectivity index (χ4n) is 0.912. The van der Waals surface area contributed by atoms with Crippen molar-refractivity contribution in [2.24, 2.45) is 5.92 Å². The molecule has 0 bridgehead atoms. The third kappa shape index (κ3) is 3.45. The van der Waals surface area contributed by atoms with Crippen LogP contribution in [0.1, 0.15) is 19.4 Å². The van der Waals surface area contributed by atoms with Crippen molar-refractivity contribution in [3.63, 3.8) is 0 Å². The number of sulfonamides is 1. The normalized spacial score (nSPS) is 12.3. The van der Waals surface area contributed by atoms with E-state index in [9.17, 15) is 8.42 Å². The average molecular weight is 268 g/mol. The largest absolute Gasteiger partial charge is 0.250 e. The van der Waals surface area contributed by atoms with Crippen LogP contribution < -0.4 is 4.72 Å². The molecule has 0 atom stereocenters. The van der Waals surface area contributed by atoms with Gasteiger partial charge in [-0.1, -0.05) is 25.4 Å². The SMILES string of the molecule is Cc1cc(S(=O)(=O)NCC(C)C)sc1Cl. The Morgan fingerprint density at radius 2 is 2.13 bits per heavy atom. The molecule has 0 radical (unpaired) electrons. The van der Waals surface area contributed by atoms with Crippen LogP contribution >= 0.6 is 22.9 Å². The van der Waals surface area contributed by atoms with Crippen molar-refractivity contribution in [2.75, 3.05) is 6.54 Å². The van der Waals surface area contributed by atoms with Crippen molar-refractivity contribution in [1.29, 1.82) is 0 Å². The average Bonchev–Trinajstić information content (AvgIpc) is 2.45. The third-order valence-corrected chi connectivity index (χ3v) is 5.23. The number of aryl methyl sites for hydroxylation is 1. The molecule has 0 spiro atoms. The number of nitrogens with one attached hydrogen (secondary N) is 1. The van der Waals surface area contributed by atoms with E-state index < -0.39 is 10.0 Å². The van der Waals surface area contributed by atoms with Crippen LogP contribution in [0.15, 0.2) is 10.3 Å². The molecule has 6 heteroatoms. The van der Waals surface area contributed by atoms with Crippen molar-refractivity contribution in [3.05, 3.63) is 16.0 Å². The lowest BCUT2D eigenvalue weighted by Gasteiger charge is -2.06. The van der Waals surface area contributed by atoms with Gasteiger partial charge < -0.3 is 0 Å². The van der Waals surface area contributed by atoms with E-state index in [4.69, 9.17) is 11.6 Å². The van der Waals surface area contributed by atoms with Crippen molar-refractivity contribution in [3.8, 4) is 0 Å². The molecule has 0 saturated heterocycles. The Hall–Kier alpha value is -0.100. The summed E-state index contributed by atoms with van der Waals surface area (Å²) in [5.74, 6) is 0.288. The molecule has 0 aliphatic carbocycles. The van der Waals surface area contributed by atoms with Crippen LogP contribution in [0.5, 0.6) is 0 Å². The van der Waals surface area contributed by atoms with Crippen LogP contribution in [-0.2, 0) is 10.0 Å². The minimum atomic E-state index is -3.37. The van der Waals surface area contributed by atoms with Crippen molar-refractivity contribution in [2.45, 2.75) is 25.0 Å². The number of halogens is 1. The summed E-state index contributed by atoms with van der Waals surface area (Å²) in [5, 5.41) is 0. The van der Waals surface area contributed by atoms with Gasteiger partial charge in [-0.25, -0.2) is 13.1 Å². The quantitative estimate of drug-likeness (QED) is 0.912. The van der Waals surface area contributed by atoms with Crippen LogP contribution in [0.4, 0.5) is 0 Å². The maximum atomic E-state index is 11.7. The van der Waals surface area contributed by atoms with E-state index in [1.54, 1.807) is 13.0 Å². The highest BCUT2D eigenvalue weighted by Gasteiger charge is 2.18. The van der Waals surface area contributed by atoms with E-state index in [-0.39, 0.29) is 10.1 Å². The first kappa shape index (κ1) is 13.0. The van der Waals surface area contributed by atoms with Crippen molar-refractivity contribution in [1.82, 2.24) is 4.72 Å². The second-order valence-electron chi connectivity index (χ2n) is 3.77. The van der Waals surface area contributed by atoms with Crippen LogP contribution in [0.25, 0.3) is 0 Å². The standard InChI is InChI=1S/C9H14ClNO2S2/c1-6(2)5-11-15(12,13)8-4-7(3)9(10)14-8/h4,6,11H,5H2,1-3H3. The lowest BCUT2D eigenvalue weighted by molar-refractivity contribution is 0.562. The summed E-state index contributed by atoms with van der Waals surface area (Å²) in [6.07, 6.45) is 0. The molecular weight excluding hydrogens is 254 g/mol. The minimum Gasteiger partial charge on any atom is -0.210 e. The van der Waals surface area contributed by atoms with Gasteiger partial charge in [0.25, 0.3) is 0 Å². The highest BCUT2D eigenvalue weighted by molar-refractivity contribution is 7.91. The highest BCUT2D eigenvalue weighted by atomic mass is 35.5. The molecule has 1 rings (SSSR count). The zero-order valence-electron chi connectivity index (χ0n) is 8.87. The van der Waals surface area contributed by atoms with Crippen LogP contribution in [-0.4, -0.2) is 15.0 Å². The van der Waals surface area contributed by atoms with E-state index in [2.05, 4.69) is 4.72 Å². The Kier molecular flexibility index (Phi) is 4.17. The molecule has 0 amide bonds. The number of hydrogen-bond donors (Lipinski definition) is 1. The maximum Gasteiger partial charge on any atom is 0.250 e. The van der Waals surface area contributed by atoms with Gasteiger partial charge in [0.05, 0.1) is 4.34 Å². The molecule has 0 aromatic carbocycles. The summed E-state index contributed by atoms with van der Waals surface area (Å²) in [6.45, 7) is 6.14. The highest BCUT2D eigenvalue weighted by Crippen LogP contribution is 2.29. The Morgan fingerprint density at radius 3 is 2.53 bits per heavy atom. The van der Waals surface area contributed by atoms with Crippen LogP contribution in [0.3, 0.4) is 0 Å². The molecule has 0 unspecified atom stereocenters. The van der Waals surface area contributed by atoms with Gasteiger partial charge in [0.15, 0.2) is 0 Å². The van der Waals surface area contributed by atoms with Crippen LogP contribution in [0.2, 0.25) is 4.34 Å². The first-order valence-electron chi connectivity index (χ1n) is 4.58. The molecule has 3 nitrogen and oxygen atoms in total. The van der Waals surface area contributed by atoms with E-state index in [0.717, 1.165) is 16.9 Å². The van der Waals surface area contributed by atoms with Gasteiger partial charge in [-0.3, -0.25) is 0 Å². The fourth-order valence-corrected chi connectivity index (χ4v) is 3.88. The zero-order chi connectivity index (χ0) is 11.6. The van der Waals surface area contributed by atoms with Crippen LogP contribution in [0, 0.1) is 12.8 Å². The predicted molar refractivity (Wildman–Crippen MR) is 64.1 cm³/mol. The summed E-state index contributed by atoms with van der Waals surface area (Å²) in [7, 11) is -3.37. The molecule has 86 valence electrons. The topological polar surface area (TPSA) is 46.2 Å². The van der Waals surface area contributed by atoms with Crippen molar-refractivity contribution >= 4 is 33.0 Å². The van der Waals surface area contributed by atoms with Gasteiger partial charge in [0.2, 0.25) is 10.0 Å². The second kappa shape index (κ2) is 4.82. The molecule has 1 aromatic heterocycles. The van der Waals surface area contributed by atoms with Gasteiger partial charge in [-0.2, -0.15) is 0 Å². The number of rotatable bonds is 4. The van der Waals surface area contributed by atoms with Crippen molar-refractivity contribution < 1.29 is 8.42 Å². The summed E-state index contributed by atoms with van der Waals surface area (Å²) in [4.78, 5) is 0. The lowest BCUT2D eigenvalue weighted by atomic mass is 10.2.